The summed E-state index contributed by atoms with van der Waals surface area (Å²) in [7, 11) is 0. The lowest BCUT2D eigenvalue weighted by Gasteiger charge is -2.21. The van der Waals surface area contributed by atoms with Gasteiger partial charge in [-0.05, 0) is 30.2 Å². The van der Waals surface area contributed by atoms with Gasteiger partial charge in [-0.2, -0.15) is 13.2 Å². The number of benzene rings is 2. The van der Waals surface area contributed by atoms with Crippen molar-refractivity contribution in [2.45, 2.75) is 32.2 Å². The quantitative estimate of drug-likeness (QED) is 0.720. The number of ether oxygens (including phenoxy) is 2. The van der Waals surface area contributed by atoms with Crippen LogP contribution in [0, 0.1) is 0 Å². The Morgan fingerprint density at radius 2 is 1.85 bits per heavy atom. The van der Waals surface area contributed by atoms with E-state index in [1.807, 2.05) is 6.07 Å². The number of carboxylic acids is 1. The van der Waals surface area contributed by atoms with Crippen LogP contribution >= 0.6 is 0 Å². The summed E-state index contributed by atoms with van der Waals surface area (Å²) < 4.78 is 50.5. The molecule has 2 rings (SSSR count). The molecule has 0 saturated heterocycles. The minimum absolute atomic E-state index is 0.0475. The molecule has 4 nitrogen and oxygen atoms in total. The van der Waals surface area contributed by atoms with Gasteiger partial charge in [0.15, 0.2) is 0 Å². The number of carbonyl (C=O) groups excluding carboxylic acids is 1. The summed E-state index contributed by atoms with van der Waals surface area (Å²) in [4.78, 5) is 11.0. The average Bonchev–Trinajstić information content (AvgIpc) is 2.60. The Kier molecular flexibility index (Phi) is 6.63. The van der Waals surface area contributed by atoms with Gasteiger partial charge in [-0.15, -0.1) is 0 Å². The van der Waals surface area contributed by atoms with Gasteiger partial charge in [-0.25, -0.2) is 0 Å². The van der Waals surface area contributed by atoms with Crippen LogP contribution in [0.15, 0.2) is 48.5 Å². The summed E-state index contributed by atoms with van der Waals surface area (Å²) in [5.41, 5.74) is -0.320. The maximum atomic E-state index is 13.4. The molecule has 0 saturated carbocycles. The molecule has 0 aliphatic carbocycles. The molecule has 0 N–H and O–H groups in total. The van der Waals surface area contributed by atoms with Crippen molar-refractivity contribution in [2.24, 2.45) is 0 Å². The van der Waals surface area contributed by atoms with Crippen LogP contribution in [0.1, 0.15) is 23.6 Å². The third-order valence-electron chi connectivity index (χ3n) is 3.67. The van der Waals surface area contributed by atoms with E-state index in [1.54, 1.807) is 31.2 Å². The van der Waals surface area contributed by atoms with Gasteiger partial charge >= 0.3 is 6.18 Å². The Morgan fingerprint density at radius 1 is 1.15 bits per heavy atom. The van der Waals surface area contributed by atoms with Crippen LogP contribution in [0.4, 0.5) is 13.2 Å². The molecular formula is C19H18F3O4-. The van der Waals surface area contributed by atoms with E-state index in [2.05, 4.69) is 0 Å². The van der Waals surface area contributed by atoms with Crippen LogP contribution in [0.2, 0.25) is 0 Å². The zero-order valence-electron chi connectivity index (χ0n) is 14.1. The fourth-order valence-electron chi connectivity index (χ4n) is 2.44. The van der Waals surface area contributed by atoms with E-state index in [0.29, 0.717) is 0 Å². The van der Waals surface area contributed by atoms with Crippen molar-refractivity contribution in [1.29, 1.82) is 0 Å². The topological polar surface area (TPSA) is 58.6 Å². The van der Waals surface area contributed by atoms with Gasteiger partial charge in [0, 0.05) is 13.0 Å². The number of hydrogen-bond acceptors (Lipinski definition) is 4. The summed E-state index contributed by atoms with van der Waals surface area (Å²) in [5, 5.41) is 11.0. The smallest absolute Gasteiger partial charge is 0.416 e. The highest BCUT2D eigenvalue weighted by atomic mass is 19.4. The second kappa shape index (κ2) is 8.71. The summed E-state index contributed by atoms with van der Waals surface area (Å²) in [6.07, 6.45) is -6.54. The van der Waals surface area contributed by atoms with Crippen molar-refractivity contribution in [3.8, 4) is 5.75 Å². The third-order valence-corrected chi connectivity index (χ3v) is 3.67. The van der Waals surface area contributed by atoms with Gasteiger partial charge in [0.2, 0.25) is 0 Å². The van der Waals surface area contributed by atoms with E-state index >= 15 is 0 Å². The first-order valence-corrected chi connectivity index (χ1v) is 8.00. The Bertz CT molecular complexity index is 729. The van der Waals surface area contributed by atoms with Crippen molar-refractivity contribution < 1.29 is 32.5 Å². The highest BCUT2D eigenvalue weighted by molar-refractivity contribution is 5.70. The molecule has 2 aromatic carbocycles. The van der Waals surface area contributed by atoms with Crippen molar-refractivity contribution in [3.05, 3.63) is 65.2 Å². The van der Waals surface area contributed by atoms with E-state index in [-0.39, 0.29) is 24.5 Å². The molecule has 0 fully saturated rings. The fraction of sp³-hybridized carbons (Fsp3) is 0.316. The minimum atomic E-state index is -4.65. The Balaban J connectivity index is 2.22. The van der Waals surface area contributed by atoms with E-state index in [1.165, 1.54) is 12.1 Å². The van der Waals surface area contributed by atoms with Crippen molar-refractivity contribution in [1.82, 2.24) is 0 Å². The van der Waals surface area contributed by atoms with E-state index in [4.69, 9.17) is 9.47 Å². The number of rotatable bonds is 8. The van der Waals surface area contributed by atoms with Crippen LogP contribution in [-0.2, 0) is 28.7 Å². The SMILES string of the molecule is CCO[C@@H](Cc1ccc(OCc2ccccc2)cc1C(F)(F)F)C(=O)[O-]. The lowest BCUT2D eigenvalue weighted by molar-refractivity contribution is -0.316. The minimum Gasteiger partial charge on any atom is -0.547 e. The molecule has 0 aromatic heterocycles. The van der Waals surface area contributed by atoms with Crippen LogP contribution < -0.4 is 9.84 Å². The largest absolute Gasteiger partial charge is 0.547 e. The number of carboxylic acid groups (broad SMARTS) is 1. The lowest BCUT2D eigenvalue weighted by atomic mass is 10.0. The molecule has 1 atom stereocenters. The number of carbonyl (C=O) groups is 1. The highest BCUT2D eigenvalue weighted by Crippen LogP contribution is 2.35. The number of halogens is 3. The second-order valence-electron chi connectivity index (χ2n) is 5.56. The first-order chi connectivity index (χ1) is 12.3. The molecule has 0 spiro atoms. The monoisotopic (exact) mass is 367 g/mol. The van der Waals surface area contributed by atoms with E-state index in [0.717, 1.165) is 11.6 Å². The molecule has 0 bridgehead atoms. The first kappa shape index (κ1) is 19.8. The molecule has 2 aromatic rings. The predicted octanol–water partition coefficient (Wildman–Crippen LogP) is 2.98. The standard InChI is InChI=1S/C19H19F3O4/c1-2-25-17(18(23)24)10-14-8-9-15(11-16(14)19(20,21)22)26-12-13-6-4-3-5-7-13/h3-9,11,17H,2,10,12H2,1H3,(H,23,24)/p-1/t17-/m0/s1. The zero-order valence-corrected chi connectivity index (χ0v) is 14.1. The molecule has 0 aliphatic heterocycles. The average molecular weight is 367 g/mol. The molecule has 0 radical (unpaired) electrons. The van der Waals surface area contributed by atoms with Gasteiger partial charge in [0.25, 0.3) is 0 Å². The van der Waals surface area contributed by atoms with E-state index in [9.17, 15) is 23.1 Å². The van der Waals surface area contributed by atoms with Crippen LogP contribution in [-0.4, -0.2) is 18.7 Å². The van der Waals surface area contributed by atoms with Gasteiger partial charge < -0.3 is 19.4 Å². The zero-order chi connectivity index (χ0) is 19.2. The summed E-state index contributed by atoms with van der Waals surface area (Å²) in [6.45, 7) is 1.73. The first-order valence-electron chi connectivity index (χ1n) is 8.00. The molecule has 0 aliphatic rings. The van der Waals surface area contributed by atoms with Gasteiger partial charge in [-0.1, -0.05) is 36.4 Å². The Labute approximate surface area is 149 Å². The number of aliphatic carboxylic acids is 1. The number of alkyl halides is 3. The van der Waals surface area contributed by atoms with Crippen molar-refractivity contribution in [3.63, 3.8) is 0 Å². The van der Waals surface area contributed by atoms with Crippen LogP contribution in [0.3, 0.4) is 0 Å². The Hall–Kier alpha value is -2.54. The normalized spacial score (nSPS) is 12.6. The predicted molar refractivity (Wildman–Crippen MR) is 86.3 cm³/mol. The molecule has 0 unspecified atom stereocenters. The maximum absolute atomic E-state index is 13.4. The summed E-state index contributed by atoms with van der Waals surface area (Å²) >= 11 is 0. The van der Waals surface area contributed by atoms with Gasteiger partial charge in [-0.3, -0.25) is 0 Å². The summed E-state index contributed by atoms with van der Waals surface area (Å²) in [5.74, 6) is -1.50. The van der Waals surface area contributed by atoms with Gasteiger partial charge in [0.1, 0.15) is 18.5 Å². The molecule has 0 heterocycles. The molecule has 140 valence electrons. The summed E-state index contributed by atoms with van der Waals surface area (Å²) in [6, 6.07) is 12.5. The van der Waals surface area contributed by atoms with Gasteiger partial charge in [0.05, 0.1) is 11.5 Å². The lowest BCUT2D eigenvalue weighted by Crippen LogP contribution is -2.39. The Morgan fingerprint density at radius 3 is 2.42 bits per heavy atom. The fourth-order valence-corrected chi connectivity index (χ4v) is 2.44. The molecular weight excluding hydrogens is 349 g/mol. The van der Waals surface area contributed by atoms with Crippen LogP contribution in [0.25, 0.3) is 0 Å². The third kappa shape index (κ3) is 5.49. The van der Waals surface area contributed by atoms with Crippen molar-refractivity contribution >= 4 is 5.97 Å². The highest BCUT2D eigenvalue weighted by Gasteiger charge is 2.34. The molecule has 26 heavy (non-hydrogen) atoms. The maximum Gasteiger partial charge on any atom is 0.416 e. The van der Waals surface area contributed by atoms with Crippen molar-refractivity contribution in [2.75, 3.05) is 6.61 Å². The van der Waals surface area contributed by atoms with Crippen LogP contribution in [0.5, 0.6) is 5.75 Å². The van der Waals surface area contributed by atoms with E-state index < -0.39 is 30.2 Å². The second-order valence-corrected chi connectivity index (χ2v) is 5.56. The number of hydrogen-bond donors (Lipinski definition) is 0. The molecule has 7 heteroatoms. The molecule has 0 amide bonds.